The molecule has 6 heteroatoms. The summed E-state index contributed by atoms with van der Waals surface area (Å²) in [5.74, 6) is 0.823. The number of likely N-dealkylation sites (tertiary alicyclic amines) is 1. The van der Waals surface area contributed by atoms with Gasteiger partial charge < -0.3 is 14.5 Å². The van der Waals surface area contributed by atoms with Gasteiger partial charge in [-0.2, -0.15) is 0 Å². The van der Waals surface area contributed by atoms with Crippen LogP contribution in [0.15, 0.2) is 23.0 Å². The zero-order valence-corrected chi connectivity index (χ0v) is 18.1. The van der Waals surface area contributed by atoms with Crippen molar-refractivity contribution in [1.29, 1.82) is 0 Å². The molecule has 1 aliphatic carbocycles. The van der Waals surface area contributed by atoms with Gasteiger partial charge in [0.25, 0.3) is 0 Å². The highest BCUT2D eigenvalue weighted by atomic mass is 16.5. The highest BCUT2D eigenvalue weighted by molar-refractivity contribution is 5.77. The van der Waals surface area contributed by atoms with Gasteiger partial charge in [-0.25, -0.2) is 4.79 Å². The van der Waals surface area contributed by atoms with E-state index in [1.807, 2.05) is 29.7 Å². The zero-order chi connectivity index (χ0) is 20.4. The van der Waals surface area contributed by atoms with Crippen LogP contribution in [0.1, 0.15) is 65.3 Å². The molecule has 6 nitrogen and oxygen atoms in total. The first kappa shape index (κ1) is 20.5. The number of benzene rings is 1. The topological polar surface area (TPSA) is 59.5 Å². The third-order valence-corrected chi connectivity index (χ3v) is 7.01. The van der Waals surface area contributed by atoms with Gasteiger partial charge in [-0.3, -0.25) is 9.47 Å². The van der Waals surface area contributed by atoms with Gasteiger partial charge in [0.2, 0.25) is 0 Å². The number of ether oxygens (including phenoxy) is 2. The number of piperidine rings is 1. The van der Waals surface area contributed by atoms with Crippen LogP contribution < -0.4 is 10.4 Å². The average molecular weight is 402 g/mol. The van der Waals surface area contributed by atoms with Crippen molar-refractivity contribution in [1.82, 2.24) is 14.5 Å². The van der Waals surface area contributed by atoms with E-state index in [2.05, 4.69) is 23.7 Å². The summed E-state index contributed by atoms with van der Waals surface area (Å²) in [6.45, 7) is 10.0. The van der Waals surface area contributed by atoms with E-state index in [0.29, 0.717) is 12.7 Å². The number of nitrogens with one attached hydrogen (secondary N) is 1. The minimum absolute atomic E-state index is 0.00414. The Morgan fingerprint density at radius 1 is 1.10 bits per heavy atom. The number of imidazole rings is 1. The van der Waals surface area contributed by atoms with Crippen LogP contribution in [-0.4, -0.2) is 52.4 Å². The predicted octanol–water partition coefficient (Wildman–Crippen LogP) is 4.10. The van der Waals surface area contributed by atoms with Crippen LogP contribution in [0.25, 0.3) is 11.0 Å². The van der Waals surface area contributed by atoms with E-state index < -0.39 is 0 Å². The zero-order valence-electron chi connectivity index (χ0n) is 18.1. The molecular formula is C23H35N3O3. The number of rotatable bonds is 6. The van der Waals surface area contributed by atoms with Crippen molar-refractivity contribution in [2.45, 2.75) is 77.0 Å². The van der Waals surface area contributed by atoms with Gasteiger partial charge in [-0.05, 0) is 71.4 Å². The molecule has 0 bridgehead atoms. The minimum Gasteiger partial charge on any atom is -0.494 e. The van der Waals surface area contributed by atoms with Crippen molar-refractivity contribution in [3.63, 3.8) is 0 Å². The van der Waals surface area contributed by atoms with Crippen LogP contribution in [0, 0.1) is 0 Å². The fourth-order valence-corrected chi connectivity index (χ4v) is 5.32. The Labute approximate surface area is 173 Å². The highest BCUT2D eigenvalue weighted by Gasteiger charge is 2.38. The molecule has 2 aromatic rings. The molecule has 29 heavy (non-hydrogen) atoms. The molecule has 2 heterocycles. The van der Waals surface area contributed by atoms with Gasteiger partial charge in [0.15, 0.2) is 0 Å². The van der Waals surface area contributed by atoms with E-state index in [-0.39, 0.29) is 17.3 Å². The van der Waals surface area contributed by atoms with Gasteiger partial charge in [-0.1, -0.05) is 0 Å². The molecule has 2 fully saturated rings. The summed E-state index contributed by atoms with van der Waals surface area (Å²) in [5, 5.41) is 0. The number of fused-ring (bicyclic) bond motifs is 1. The van der Waals surface area contributed by atoms with Gasteiger partial charge in [-0.15, -0.1) is 0 Å². The third-order valence-electron chi connectivity index (χ3n) is 7.01. The van der Waals surface area contributed by atoms with Gasteiger partial charge in [0, 0.05) is 37.3 Å². The van der Waals surface area contributed by atoms with Crippen LogP contribution in [0.3, 0.4) is 0 Å². The normalized spacial score (nSPS) is 26.8. The maximum atomic E-state index is 12.7. The second-order valence-electron chi connectivity index (χ2n) is 8.78. The van der Waals surface area contributed by atoms with E-state index in [0.717, 1.165) is 62.2 Å². The van der Waals surface area contributed by atoms with Gasteiger partial charge in [0.1, 0.15) is 5.75 Å². The van der Waals surface area contributed by atoms with Crippen molar-refractivity contribution >= 4 is 11.0 Å². The monoisotopic (exact) mass is 401 g/mol. The quantitative estimate of drug-likeness (QED) is 0.792. The SMILES string of the molecule is CCOc1ccc2[nH]c(=O)n(C3CCN(C4(C)CCC(OCC)CC4)CC3)c2c1. The summed E-state index contributed by atoms with van der Waals surface area (Å²) in [6.07, 6.45) is 7.18. The number of nitrogens with zero attached hydrogens (tertiary/aromatic N) is 2. The Morgan fingerprint density at radius 2 is 1.83 bits per heavy atom. The molecule has 1 saturated heterocycles. The van der Waals surface area contributed by atoms with Crippen molar-refractivity contribution in [2.24, 2.45) is 0 Å². The third kappa shape index (κ3) is 4.10. The van der Waals surface area contributed by atoms with Crippen molar-refractivity contribution in [2.75, 3.05) is 26.3 Å². The Bertz CT molecular complexity index is 871. The summed E-state index contributed by atoms with van der Waals surface area (Å²) in [6, 6.07) is 6.12. The second-order valence-corrected chi connectivity index (χ2v) is 8.78. The van der Waals surface area contributed by atoms with Gasteiger partial charge >= 0.3 is 5.69 Å². The number of aromatic nitrogens is 2. The Kier molecular flexibility index (Phi) is 6.02. The molecule has 1 aliphatic heterocycles. The standard InChI is InChI=1S/C23H35N3O3/c1-4-28-18-8-12-23(3,13-9-18)25-14-10-17(11-15-25)26-21-16-19(29-5-2)6-7-20(21)24-22(26)27/h6-7,16-18H,4-5,8-15H2,1-3H3,(H,24,27). The molecule has 4 rings (SSSR count). The maximum absolute atomic E-state index is 12.7. The average Bonchev–Trinajstić information content (AvgIpc) is 3.05. The fraction of sp³-hybridized carbons (Fsp3) is 0.696. The Hall–Kier alpha value is -1.79. The first-order valence-corrected chi connectivity index (χ1v) is 11.3. The lowest BCUT2D eigenvalue weighted by atomic mass is 9.79. The first-order chi connectivity index (χ1) is 14.0. The largest absolute Gasteiger partial charge is 0.494 e. The van der Waals surface area contributed by atoms with Gasteiger partial charge in [0.05, 0.1) is 23.7 Å². The van der Waals surface area contributed by atoms with Crippen LogP contribution in [0.2, 0.25) is 0 Å². The van der Waals surface area contributed by atoms with E-state index in [9.17, 15) is 4.79 Å². The maximum Gasteiger partial charge on any atom is 0.326 e. The van der Waals surface area contributed by atoms with Crippen LogP contribution >= 0.6 is 0 Å². The van der Waals surface area contributed by atoms with Crippen LogP contribution in [0.4, 0.5) is 0 Å². The summed E-state index contributed by atoms with van der Waals surface area (Å²) < 4.78 is 13.5. The van der Waals surface area contributed by atoms with Crippen molar-refractivity contribution in [3.05, 3.63) is 28.7 Å². The number of H-pyrrole nitrogens is 1. The molecule has 2 aliphatic rings. The van der Waals surface area contributed by atoms with E-state index in [1.165, 1.54) is 12.8 Å². The molecule has 1 saturated carbocycles. The Morgan fingerprint density at radius 3 is 2.48 bits per heavy atom. The predicted molar refractivity (Wildman–Crippen MR) is 116 cm³/mol. The van der Waals surface area contributed by atoms with Crippen LogP contribution in [0.5, 0.6) is 5.75 Å². The summed E-state index contributed by atoms with van der Waals surface area (Å²) in [4.78, 5) is 18.4. The smallest absolute Gasteiger partial charge is 0.326 e. The Balaban J connectivity index is 1.45. The molecule has 0 amide bonds. The molecule has 0 spiro atoms. The molecule has 1 N–H and O–H groups in total. The lowest BCUT2D eigenvalue weighted by Gasteiger charge is -2.48. The minimum atomic E-state index is -0.00414. The molecule has 0 radical (unpaired) electrons. The van der Waals surface area contributed by atoms with E-state index >= 15 is 0 Å². The second kappa shape index (κ2) is 8.52. The van der Waals surface area contributed by atoms with Crippen LogP contribution in [-0.2, 0) is 4.74 Å². The summed E-state index contributed by atoms with van der Waals surface area (Å²) in [5.41, 5.74) is 2.12. The van der Waals surface area contributed by atoms with Crippen molar-refractivity contribution in [3.8, 4) is 5.75 Å². The molecule has 1 aromatic heterocycles. The number of hydrogen-bond donors (Lipinski definition) is 1. The summed E-state index contributed by atoms with van der Waals surface area (Å²) in [7, 11) is 0. The molecule has 1 aromatic carbocycles. The lowest BCUT2D eigenvalue weighted by molar-refractivity contribution is -0.0273. The molecule has 0 unspecified atom stereocenters. The summed E-state index contributed by atoms with van der Waals surface area (Å²) >= 11 is 0. The molecule has 0 atom stereocenters. The highest BCUT2D eigenvalue weighted by Crippen LogP contribution is 2.38. The molecule has 160 valence electrons. The van der Waals surface area contributed by atoms with Crippen molar-refractivity contribution < 1.29 is 9.47 Å². The lowest BCUT2D eigenvalue weighted by Crippen LogP contribution is -2.53. The molecular weight excluding hydrogens is 366 g/mol. The van der Waals surface area contributed by atoms with E-state index in [1.54, 1.807) is 0 Å². The van der Waals surface area contributed by atoms with E-state index in [4.69, 9.17) is 9.47 Å². The number of hydrogen-bond acceptors (Lipinski definition) is 4. The first-order valence-electron chi connectivity index (χ1n) is 11.3. The number of aromatic amines is 1. The fourth-order valence-electron chi connectivity index (χ4n) is 5.32.